The van der Waals surface area contributed by atoms with Crippen LogP contribution in [0.2, 0.25) is 10.0 Å². The highest BCUT2D eigenvalue weighted by atomic mass is 35.5. The van der Waals surface area contributed by atoms with Crippen LogP contribution in [0.25, 0.3) is 11.0 Å². The summed E-state index contributed by atoms with van der Waals surface area (Å²) in [6, 6.07) is 4.12. The number of hydrogen-bond donors (Lipinski definition) is 0. The van der Waals surface area contributed by atoms with Crippen molar-refractivity contribution in [3.63, 3.8) is 0 Å². The molecular weight excluding hydrogens is 331 g/mol. The zero-order valence-corrected chi connectivity index (χ0v) is 14.0. The van der Waals surface area contributed by atoms with E-state index < -0.39 is 0 Å². The molecule has 1 fully saturated rings. The number of hydrogen-bond acceptors (Lipinski definition) is 2. The predicted molar refractivity (Wildman–Crippen MR) is 87.9 cm³/mol. The summed E-state index contributed by atoms with van der Waals surface area (Å²) < 4.78 is 7.76. The summed E-state index contributed by atoms with van der Waals surface area (Å²) >= 11 is 18.2. The molecule has 2 atom stereocenters. The lowest BCUT2D eigenvalue weighted by Crippen LogP contribution is -2.12. The Bertz CT molecular complexity index is 656. The number of ether oxygens (including phenoxy) is 1. The Kier molecular flexibility index (Phi) is 4.65. The highest BCUT2D eigenvalue weighted by Crippen LogP contribution is 2.37. The molecule has 0 bridgehead atoms. The summed E-state index contributed by atoms with van der Waals surface area (Å²) in [7, 11) is 1.77. The summed E-state index contributed by atoms with van der Waals surface area (Å²) in [5, 5.41) is 1.09. The molecule has 0 spiro atoms. The Morgan fingerprint density at radius 1 is 1.29 bits per heavy atom. The number of alkyl halides is 1. The molecule has 1 aliphatic carbocycles. The molecule has 0 radical (unpaired) electrons. The van der Waals surface area contributed by atoms with Gasteiger partial charge in [0.15, 0.2) is 0 Å². The van der Waals surface area contributed by atoms with Crippen LogP contribution in [0.1, 0.15) is 31.1 Å². The first-order chi connectivity index (χ1) is 10.1. The number of halogens is 3. The molecule has 2 unspecified atom stereocenters. The molecule has 114 valence electrons. The summed E-state index contributed by atoms with van der Waals surface area (Å²) in [5.41, 5.74) is 1.91. The van der Waals surface area contributed by atoms with E-state index in [1.807, 2.05) is 12.1 Å². The molecule has 21 heavy (non-hydrogen) atoms. The van der Waals surface area contributed by atoms with Gasteiger partial charge in [-0.15, -0.1) is 11.6 Å². The van der Waals surface area contributed by atoms with Crippen LogP contribution in [-0.2, 0) is 11.2 Å². The third-order valence-corrected chi connectivity index (χ3v) is 5.09. The van der Waals surface area contributed by atoms with Gasteiger partial charge in [-0.3, -0.25) is 0 Å². The maximum atomic E-state index is 6.18. The molecule has 0 aliphatic heterocycles. The molecule has 1 saturated carbocycles. The Morgan fingerprint density at radius 3 is 2.71 bits per heavy atom. The monoisotopic (exact) mass is 346 g/mol. The summed E-state index contributed by atoms with van der Waals surface area (Å²) in [6.07, 6.45) is 4.21. The third kappa shape index (κ3) is 2.89. The Morgan fingerprint density at radius 2 is 2.05 bits per heavy atom. The fourth-order valence-electron chi connectivity index (χ4n) is 3.17. The van der Waals surface area contributed by atoms with Gasteiger partial charge in [0.2, 0.25) is 0 Å². The van der Waals surface area contributed by atoms with E-state index in [2.05, 4.69) is 4.57 Å². The molecule has 1 aromatic carbocycles. The number of nitrogens with zero attached hydrogens (tertiary/aromatic N) is 2. The molecule has 1 heterocycles. The second-order valence-corrected chi connectivity index (χ2v) is 6.61. The first kappa shape index (κ1) is 15.4. The van der Waals surface area contributed by atoms with Crippen molar-refractivity contribution in [2.75, 3.05) is 13.0 Å². The molecule has 1 aliphatic rings. The molecule has 0 saturated heterocycles. The fourth-order valence-corrected chi connectivity index (χ4v) is 3.66. The van der Waals surface area contributed by atoms with Crippen molar-refractivity contribution >= 4 is 45.8 Å². The Labute approximate surface area is 139 Å². The number of benzene rings is 1. The molecule has 6 heteroatoms. The first-order valence-corrected chi connectivity index (χ1v) is 8.37. The lowest BCUT2D eigenvalue weighted by molar-refractivity contribution is 0.106. The van der Waals surface area contributed by atoms with Crippen molar-refractivity contribution in [3.8, 4) is 0 Å². The molecule has 3 rings (SSSR count). The van der Waals surface area contributed by atoms with Crippen molar-refractivity contribution < 1.29 is 4.74 Å². The van der Waals surface area contributed by atoms with E-state index in [9.17, 15) is 0 Å². The highest BCUT2D eigenvalue weighted by molar-refractivity contribution is 6.42. The average molecular weight is 348 g/mol. The van der Waals surface area contributed by atoms with E-state index in [4.69, 9.17) is 44.5 Å². The third-order valence-electron chi connectivity index (χ3n) is 4.18. The Hall–Kier alpha value is -0.480. The van der Waals surface area contributed by atoms with Crippen molar-refractivity contribution in [3.05, 3.63) is 28.0 Å². The van der Waals surface area contributed by atoms with Crippen LogP contribution >= 0.6 is 34.8 Å². The second-order valence-electron chi connectivity index (χ2n) is 5.42. The minimum atomic E-state index is 0.319. The van der Waals surface area contributed by atoms with Crippen LogP contribution < -0.4 is 0 Å². The van der Waals surface area contributed by atoms with Gasteiger partial charge in [-0.1, -0.05) is 23.2 Å². The van der Waals surface area contributed by atoms with Gasteiger partial charge in [-0.25, -0.2) is 4.98 Å². The first-order valence-electron chi connectivity index (χ1n) is 7.08. The normalized spacial score (nSPS) is 22.3. The topological polar surface area (TPSA) is 27.1 Å². The summed E-state index contributed by atoms with van der Waals surface area (Å²) in [6.45, 7) is 0. The van der Waals surface area contributed by atoms with E-state index in [1.165, 1.54) is 0 Å². The smallest absolute Gasteiger partial charge is 0.111 e. The SMILES string of the molecule is COC1CCC(n2c(CCCl)nc3cc(Cl)c(Cl)cc32)C1. The number of aromatic nitrogens is 2. The predicted octanol–water partition coefficient (Wildman–Crippen LogP) is 4.86. The fraction of sp³-hybridized carbons (Fsp3) is 0.533. The quantitative estimate of drug-likeness (QED) is 0.738. The van der Waals surface area contributed by atoms with Gasteiger partial charge in [-0.05, 0) is 31.4 Å². The number of rotatable bonds is 4. The maximum absolute atomic E-state index is 6.18. The standard InChI is InChI=1S/C15H17Cl3N2O/c1-21-10-3-2-9(6-10)20-14-8-12(18)11(17)7-13(14)19-15(20)4-5-16/h7-10H,2-6H2,1H3. The van der Waals surface area contributed by atoms with E-state index in [0.717, 1.165) is 42.5 Å². The largest absolute Gasteiger partial charge is 0.381 e. The highest BCUT2D eigenvalue weighted by Gasteiger charge is 2.28. The molecular formula is C15H17Cl3N2O. The van der Waals surface area contributed by atoms with Gasteiger partial charge >= 0.3 is 0 Å². The second kappa shape index (κ2) is 6.33. The van der Waals surface area contributed by atoms with Gasteiger partial charge < -0.3 is 9.30 Å². The summed E-state index contributed by atoms with van der Waals surface area (Å²) in [4.78, 5) is 4.69. The van der Waals surface area contributed by atoms with Crippen molar-refractivity contribution in [2.24, 2.45) is 0 Å². The van der Waals surface area contributed by atoms with Crippen LogP contribution in [0.5, 0.6) is 0 Å². The summed E-state index contributed by atoms with van der Waals surface area (Å²) in [5.74, 6) is 1.55. The van der Waals surface area contributed by atoms with E-state index in [-0.39, 0.29) is 0 Å². The van der Waals surface area contributed by atoms with Crippen LogP contribution in [0.15, 0.2) is 12.1 Å². The van der Waals surface area contributed by atoms with Crippen LogP contribution in [-0.4, -0.2) is 28.6 Å². The minimum Gasteiger partial charge on any atom is -0.381 e. The zero-order valence-electron chi connectivity index (χ0n) is 11.8. The van der Waals surface area contributed by atoms with E-state index in [1.54, 1.807) is 7.11 Å². The van der Waals surface area contributed by atoms with Crippen molar-refractivity contribution in [1.29, 1.82) is 0 Å². The van der Waals surface area contributed by atoms with Gasteiger partial charge in [0.1, 0.15) is 5.82 Å². The maximum Gasteiger partial charge on any atom is 0.111 e. The van der Waals surface area contributed by atoms with Crippen molar-refractivity contribution in [1.82, 2.24) is 9.55 Å². The lowest BCUT2D eigenvalue weighted by atomic mass is 10.2. The minimum absolute atomic E-state index is 0.319. The van der Waals surface area contributed by atoms with E-state index >= 15 is 0 Å². The zero-order chi connectivity index (χ0) is 15.0. The number of imidazole rings is 1. The van der Waals surface area contributed by atoms with Crippen LogP contribution in [0.3, 0.4) is 0 Å². The molecule has 2 aromatic rings. The van der Waals surface area contributed by atoms with Gasteiger partial charge in [-0.2, -0.15) is 0 Å². The van der Waals surface area contributed by atoms with Crippen LogP contribution in [0.4, 0.5) is 0 Å². The van der Waals surface area contributed by atoms with E-state index in [0.29, 0.717) is 28.1 Å². The molecule has 1 aromatic heterocycles. The average Bonchev–Trinajstić information content (AvgIpc) is 3.04. The molecule has 0 N–H and O–H groups in total. The van der Waals surface area contributed by atoms with Gasteiger partial charge in [0, 0.05) is 25.5 Å². The van der Waals surface area contributed by atoms with Gasteiger partial charge in [0.25, 0.3) is 0 Å². The Balaban J connectivity index is 2.09. The number of aryl methyl sites for hydroxylation is 1. The van der Waals surface area contributed by atoms with Gasteiger partial charge in [0.05, 0.1) is 27.2 Å². The van der Waals surface area contributed by atoms with Crippen LogP contribution in [0, 0.1) is 0 Å². The van der Waals surface area contributed by atoms with Crippen molar-refractivity contribution in [2.45, 2.75) is 37.8 Å². The molecule has 3 nitrogen and oxygen atoms in total. The number of fused-ring (bicyclic) bond motifs is 1. The number of methoxy groups -OCH3 is 1. The molecule has 0 amide bonds. The lowest BCUT2D eigenvalue weighted by Gasteiger charge is -2.17.